The van der Waals surface area contributed by atoms with Gasteiger partial charge < -0.3 is 9.47 Å². The summed E-state index contributed by atoms with van der Waals surface area (Å²) in [5, 5.41) is 2.41. The third kappa shape index (κ3) is 5.72. The molecule has 0 N–H and O–H groups in total. The van der Waals surface area contributed by atoms with E-state index in [1.807, 2.05) is 18.2 Å². The summed E-state index contributed by atoms with van der Waals surface area (Å²) >= 11 is 8.30. The number of methoxy groups -OCH3 is 1. The normalized spacial score (nSPS) is 16.3. The van der Waals surface area contributed by atoms with E-state index >= 15 is 0 Å². The predicted molar refractivity (Wildman–Crippen MR) is 141 cm³/mol. The molecule has 35 heavy (non-hydrogen) atoms. The van der Waals surface area contributed by atoms with Crippen molar-refractivity contribution in [2.75, 3.05) is 13.7 Å². The number of hydrogen-bond acceptors (Lipinski definition) is 7. The highest BCUT2D eigenvalue weighted by molar-refractivity contribution is 8.19. The zero-order valence-corrected chi connectivity index (χ0v) is 22.0. The van der Waals surface area contributed by atoms with E-state index in [-0.39, 0.29) is 21.9 Å². The van der Waals surface area contributed by atoms with Crippen LogP contribution in [0.3, 0.4) is 0 Å². The van der Waals surface area contributed by atoms with Crippen molar-refractivity contribution in [2.45, 2.75) is 17.7 Å². The monoisotopic (exact) mass is 548 g/mol. The van der Waals surface area contributed by atoms with E-state index in [0.29, 0.717) is 33.5 Å². The lowest BCUT2D eigenvalue weighted by Gasteiger charge is -2.12. The van der Waals surface area contributed by atoms with Crippen molar-refractivity contribution < 1.29 is 22.7 Å². The molecular formula is C24H21ClN2O5S3. The molecule has 0 atom stereocenters. The fourth-order valence-corrected chi connectivity index (χ4v) is 6.63. The Morgan fingerprint density at radius 2 is 1.91 bits per heavy atom. The van der Waals surface area contributed by atoms with Gasteiger partial charge >= 0.3 is 0 Å². The van der Waals surface area contributed by atoms with Gasteiger partial charge in [0.1, 0.15) is 10.8 Å². The highest BCUT2D eigenvalue weighted by Crippen LogP contribution is 2.36. The SMILES string of the molecule is CCN1C(=O)/C(=C/c2ccc(OCc3ccccc3Cl)c(OC)c2)SC1=NS(=O)(=O)c1cccs1. The number of carbonyl (C=O) groups is 1. The van der Waals surface area contributed by atoms with Crippen LogP contribution in [0.2, 0.25) is 5.02 Å². The lowest BCUT2D eigenvalue weighted by molar-refractivity contribution is -0.122. The molecule has 1 amide bonds. The van der Waals surface area contributed by atoms with Crippen LogP contribution in [-0.4, -0.2) is 38.0 Å². The number of nitrogens with zero attached hydrogens (tertiary/aromatic N) is 2. The molecule has 0 saturated carbocycles. The molecular weight excluding hydrogens is 528 g/mol. The van der Waals surface area contributed by atoms with E-state index in [1.54, 1.807) is 48.7 Å². The predicted octanol–water partition coefficient (Wildman–Crippen LogP) is 5.67. The first-order valence-corrected chi connectivity index (χ1v) is 14.0. The fourth-order valence-electron chi connectivity index (χ4n) is 3.23. The largest absolute Gasteiger partial charge is 0.493 e. The van der Waals surface area contributed by atoms with E-state index in [4.69, 9.17) is 21.1 Å². The number of likely N-dealkylation sites (N-methyl/N-ethyl adjacent to an activating group) is 1. The number of hydrogen-bond donors (Lipinski definition) is 0. The Morgan fingerprint density at radius 3 is 2.60 bits per heavy atom. The van der Waals surface area contributed by atoms with Gasteiger partial charge in [0, 0.05) is 17.1 Å². The summed E-state index contributed by atoms with van der Waals surface area (Å²) in [6.45, 7) is 2.33. The first kappa shape index (κ1) is 25.3. The lowest BCUT2D eigenvalue weighted by atomic mass is 10.1. The van der Waals surface area contributed by atoms with Crippen LogP contribution in [0.1, 0.15) is 18.1 Å². The van der Waals surface area contributed by atoms with Crippen LogP contribution in [0, 0.1) is 0 Å². The fraction of sp³-hybridized carbons (Fsp3) is 0.167. The maximum Gasteiger partial charge on any atom is 0.294 e. The summed E-state index contributed by atoms with van der Waals surface area (Å²) in [5.74, 6) is 0.707. The van der Waals surface area contributed by atoms with Crippen LogP contribution in [0.4, 0.5) is 0 Å². The van der Waals surface area contributed by atoms with Crippen molar-refractivity contribution in [1.29, 1.82) is 0 Å². The van der Waals surface area contributed by atoms with E-state index in [2.05, 4.69) is 4.40 Å². The number of halogens is 1. The van der Waals surface area contributed by atoms with E-state index in [0.717, 1.165) is 28.7 Å². The molecule has 0 unspecified atom stereocenters. The number of carbonyl (C=O) groups excluding carboxylic acids is 1. The second-order valence-corrected chi connectivity index (χ2v) is 11.4. The van der Waals surface area contributed by atoms with Gasteiger partial charge in [-0.05, 0) is 60.0 Å². The van der Waals surface area contributed by atoms with Gasteiger partial charge in [-0.15, -0.1) is 15.7 Å². The minimum absolute atomic E-state index is 0.128. The van der Waals surface area contributed by atoms with E-state index in [9.17, 15) is 13.2 Å². The zero-order valence-electron chi connectivity index (χ0n) is 18.8. The average molecular weight is 549 g/mol. The highest BCUT2D eigenvalue weighted by Gasteiger charge is 2.34. The molecule has 2 aromatic carbocycles. The standard InChI is InChI=1S/C24H21ClN2O5S3/c1-3-27-23(28)21(34-24(27)26-35(29,30)22-9-6-12-33-22)14-16-10-11-19(20(13-16)31-2)32-15-17-7-4-5-8-18(17)25/h4-14H,3,15H2,1-2H3/b21-14-,26-24?. The molecule has 1 saturated heterocycles. The second-order valence-electron chi connectivity index (χ2n) is 7.23. The molecule has 7 nitrogen and oxygen atoms in total. The quantitative estimate of drug-likeness (QED) is 0.337. The summed E-state index contributed by atoms with van der Waals surface area (Å²) < 4.78 is 40.6. The number of sulfonamides is 1. The van der Waals surface area contributed by atoms with Crippen LogP contribution >= 0.6 is 34.7 Å². The molecule has 1 aliphatic heterocycles. The molecule has 4 rings (SSSR count). The molecule has 11 heteroatoms. The maximum absolute atomic E-state index is 12.9. The summed E-state index contributed by atoms with van der Waals surface area (Å²) in [7, 11) is -2.36. The number of amides is 1. The van der Waals surface area contributed by atoms with Crippen LogP contribution in [0.5, 0.6) is 11.5 Å². The smallest absolute Gasteiger partial charge is 0.294 e. The lowest BCUT2D eigenvalue weighted by Crippen LogP contribution is -2.29. The van der Waals surface area contributed by atoms with Crippen molar-refractivity contribution in [1.82, 2.24) is 4.90 Å². The van der Waals surface area contributed by atoms with Gasteiger partial charge in [-0.3, -0.25) is 9.69 Å². The van der Waals surface area contributed by atoms with Gasteiger partial charge in [0.25, 0.3) is 15.9 Å². The minimum Gasteiger partial charge on any atom is -0.493 e. The molecule has 0 bridgehead atoms. The zero-order chi connectivity index (χ0) is 25.0. The summed E-state index contributed by atoms with van der Waals surface area (Å²) in [6, 6.07) is 15.8. The number of thioether (sulfide) groups is 1. The van der Waals surface area contributed by atoms with Gasteiger partial charge in [0.2, 0.25) is 0 Å². The minimum atomic E-state index is -3.89. The number of amidine groups is 1. The Labute approximate surface area is 217 Å². The first-order chi connectivity index (χ1) is 16.8. The molecule has 1 aliphatic rings. The molecule has 0 radical (unpaired) electrons. The van der Waals surface area contributed by atoms with Crippen LogP contribution in [-0.2, 0) is 21.4 Å². The Hall–Kier alpha value is -2.79. The number of benzene rings is 2. The van der Waals surface area contributed by atoms with Crippen LogP contribution in [0.15, 0.2) is 73.5 Å². The first-order valence-electron chi connectivity index (χ1n) is 10.5. The van der Waals surface area contributed by atoms with Crippen molar-refractivity contribution in [3.8, 4) is 11.5 Å². The van der Waals surface area contributed by atoms with Gasteiger partial charge in [0.05, 0.1) is 12.0 Å². The Morgan fingerprint density at radius 1 is 1.11 bits per heavy atom. The van der Waals surface area contributed by atoms with E-state index < -0.39 is 10.0 Å². The van der Waals surface area contributed by atoms with Crippen molar-refractivity contribution in [2.24, 2.45) is 4.40 Å². The van der Waals surface area contributed by atoms with E-state index in [1.165, 1.54) is 18.1 Å². The molecule has 0 aliphatic carbocycles. The van der Waals surface area contributed by atoms with Crippen LogP contribution in [0.25, 0.3) is 6.08 Å². The number of rotatable bonds is 8. The van der Waals surface area contributed by atoms with Gasteiger partial charge in [0.15, 0.2) is 16.7 Å². The summed E-state index contributed by atoms with van der Waals surface area (Å²) in [5.41, 5.74) is 1.54. The molecule has 1 aromatic heterocycles. The van der Waals surface area contributed by atoms with Crippen molar-refractivity contribution in [3.05, 3.63) is 81.0 Å². The molecule has 3 aromatic rings. The maximum atomic E-state index is 12.9. The Kier molecular flexibility index (Phi) is 7.85. The third-order valence-electron chi connectivity index (χ3n) is 4.98. The third-order valence-corrected chi connectivity index (χ3v) is 9.11. The number of thiophene rings is 1. The molecule has 0 spiro atoms. The van der Waals surface area contributed by atoms with Gasteiger partial charge in [-0.25, -0.2) is 0 Å². The van der Waals surface area contributed by atoms with Gasteiger partial charge in [-0.1, -0.05) is 41.9 Å². The Balaban J connectivity index is 1.57. The number of ether oxygens (including phenoxy) is 2. The molecule has 1 fully saturated rings. The second kappa shape index (κ2) is 10.9. The summed E-state index contributed by atoms with van der Waals surface area (Å²) in [6.07, 6.45) is 1.68. The van der Waals surface area contributed by atoms with Gasteiger partial charge in [-0.2, -0.15) is 8.42 Å². The average Bonchev–Trinajstić information content (AvgIpc) is 3.48. The van der Waals surface area contributed by atoms with Crippen molar-refractivity contribution >= 4 is 61.9 Å². The molecule has 182 valence electrons. The highest BCUT2D eigenvalue weighted by atomic mass is 35.5. The molecule has 2 heterocycles. The summed E-state index contributed by atoms with van der Waals surface area (Å²) in [4.78, 5) is 14.6. The Bertz CT molecular complexity index is 1400. The topological polar surface area (TPSA) is 85.3 Å². The van der Waals surface area contributed by atoms with Crippen LogP contribution < -0.4 is 9.47 Å². The van der Waals surface area contributed by atoms with Crippen molar-refractivity contribution in [3.63, 3.8) is 0 Å².